The van der Waals surface area contributed by atoms with Gasteiger partial charge in [0.05, 0.1) is 0 Å². The van der Waals surface area contributed by atoms with Gasteiger partial charge in [0, 0.05) is 53.8 Å². The maximum Gasteiger partial charge on any atom is 0 e. The monoisotopic (exact) mass is 396 g/mol. The van der Waals surface area contributed by atoms with Crippen LogP contribution in [-0.4, -0.2) is 0 Å². The molecule has 0 aromatic heterocycles. The molecule has 0 aromatic rings. The molecule has 1 aliphatic carbocycles. The molecule has 1 rings (SSSR count). The quantitative estimate of drug-likeness (QED) is 0.599. The first kappa shape index (κ1) is 15.3. The Morgan fingerprint density at radius 2 is 2.00 bits per heavy atom. The molecule has 0 aliphatic heterocycles. The van der Waals surface area contributed by atoms with E-state index in [0.29, 0.717) is 5.92 Å². The van der Waals surface area contributed by atoms with E-state index in [1.165, 1.54) is 19.3 Å². The molecule has 2 atom stereocenters. The molecular formula is C9H15WY-3. The second-order valence-electron chi connectivity index (χ2n) is 2.93. The Labute approximate surface area is 110 Å². The van der Waals surface area contributed by atoms with Crippen LogP contribution in [0.15, 0.2) is 0 Å². The van der Waals surface area contributed by atoms with E-state index in [9.17, 15) is 0 Å². The van der Waals surface area contributed by atoms with Crippen LogP contribution >= 0.6 is 0 Å². The van der Waals surface area contributed by atoms with Gasteiger partial charge in [-0.05, 0) is 0 Å². The maximum absolute atomic E-state index is 4.01. The van der Waals surface area contributed by atoms with Crippen molar-refractivity contribution in [3.05, 3.63) is 20.3 Å². The molecule has 1 saturated carbocycles. The molecule has 0 bridgehead atoms. The molecule has 11 heavy (non-hydrogen) atoms. The molecule has 63 valence electrons. The van der Waals surface area contributed by atoms with Gasteiger partial charge in [-0.3, -0.25) is 0 Å². The Morgan fingerprint density at radius 3 is 2.36 bits per heavy atom. The first-order valence-electron chi connectivity index (χ1n) is 3.80. The first-order valence-corrected chi connectivity index (χ1v) is 3.80. The number of hydrogen-bond acceptors (Lipinski definition) is 0. The Balaban J connectivity index is 0. The molecule has 0 aromatic carbocycles. The standard InChI is InChI=1S/C9H15.W.Y/c1-3-9-6-4-5-8(2)7-9;;/h7-9H,1-6H2;;/q-3;;. The second-order valence-corrected chi connectivity index (χ2v) is 2.93. The van der Waals surface area contributed by atoms with Gasteiger partial charge in [-0.25, -0.2) is 6.42 Å². The van der Waals surface area contributed by atoms with Gasteiger partial charge in [0.15, 0.2) is 0 Å². The van der Waals surface area contributed by atoms with E-state index >= 15 is 0 Å². The van der Waals surface area contributed by atoms with Crippen LogP contribution in [0.5, 0.6) is 0 Å². The van der Waals surface area contributed by atoms with Gasteiger partial charge in [0.1, 0.15) is 0 Å². The molecule has 0 nitrogen and oxygen atoms in total. The summed E-state index contributed by atoms with van der Waals surface area (Å²) >= 11 is 0. The molecule has 2 heteroatoms. The fraction of sp³-hybridized carbons (Fsp3) is 0.667. The van der Waals surface area contributed by atoms with Crippen molar-refractivity contribution < 1.29 is 53.8 Å². The maximum atomic E-state index is 4.01. The van der Waals surface area contributed by atoms with Crippen LogP contribution < -0.4 is 0 Å². The zero-order valence-corrected chi connectivity index (χ0v) is 12.7. The van der Waals surface area contributed by atoms with E-state index in [2.05, 4.69) is 20.3 Å². The minimum Gasteiger partial charge on any atom is -0.369 e. The minimum atomic E-state index is 0. The van der Waals surface area contributed by atoms with Crippen LogP contribution in [0.3, 0.4) is 0 Å². The van der Waals surface area contributed by atoms with Crippen LogP contribution in [0.1, 0.15) is 25.7 Å². The summed E-state index contributed by atoms with van der Waals surface area (Å²) in [6.07, 6.45) is 7.40. The summed E-state index contributed by atoms with van der Waals surface area (Å²) in [6, 6.07) is 0. The predicted octanol–water partition coefficient (Wildman–Crippen LogP) is 2.66. The van der Waals surface area contributed by atoms with Crippen LogP contribution in [0.25, 0.3) is 0 Å². The van der Waals surface area contributed by atoms with Crippen molar-refractivity contribution in [2.24, 2.45) is 11.8 Å². The summed E-state index contributed by atoms with van der Waals surface area (Å²) in [6.45, 7) is 7.90. The SMILES string of the molecule is [CH2-]CC1[CH-]C([CH2-])CCC1.[W].[Y]. The summed E-state index contributed by atoms with van der Waals surface area (Å²) in [5, 5.41) is 0. The van der Waals surface area contributed by atoms with Crippen molar-refractivity contribution in [1.82, 2.24) is 0 Å². The molecule has 2 unspecified atom stereocenters. The third-order valence-electron chi connectivity index (χ3n) is 2.06. The van der Waals surface area contributed by atoms with Crippen molar-refractivity contribution in [3.8, 4) is 0 Å². The Hall–Kier alpha value is 1.79. The molecule has 0 heterocycles. The first-order chi connectivity index (χ1) is 4.33. The van der Waals surface area contributed by atoms with Crippen LogP contribution in [-0.2, 0) is 53.8 Å². The molecule has 1 radical (unpaired) electrons. The van der Waals surface area contributed by atoms with Crippen molar-refractivity contribution >= 4 is 0 Å². The third kappa shape index (κ3) is 5.94. The van der Waals surface area contributed by atoms with E-state index < -0.39 is 0 Å². The van der Waals surface area contributed by atoms with E-state index in [4.69, 9.17) is 0 Å². The second kappa shape index (κ2) is 8.39. The van der Waals surface area contributed by atoms with Gasteiger partial charge in [-0.15, -0.1) is 6.42 Å². The topological polar surface area (TPSA) is 0 Å². The fourth-order valence-corrected chi connectivity index (χ4v) is 1.46. The van der Waals surface area contributed by atoms with Crippen molar-refractivity contribution in [2.75, 3.05) is 0 Å². The predicted molar refractivity (Wildman–Crippen MR) is 40.5 cm³/mol. The minimum absolute atomic E-state index is 0. The fourth-order valence-electron chi connectivity index (χ4n) is 1.46. The Morgan fingerprint density at radius 1 is 1.36 bits per heavy atom. The van der Waals surface area contributed by atoms with E-state index in [-0.39, 0.29) is 53.8 Å². The molecular weight excluding hydrogens is 381 g/mol. The van der Waals surface area contributed by atoms with E-state index in [0.717, 1.165) is 12.3 Å². The summed E-state index contributed by atoms with van der Waals surface area (Å²) in [5.74, 6) is 1.37. The van der Waals surface area contributed by atoms with E-state index in [1.807, 2.05) is 0 Å². The van der Waals surface area contributed by atoms with E-state index in [1.54, 1.807) is 0 Å². The zero-order chi connectivity index (χ0) is 6.69. The molecule has 0 spiro atoms. The van der Waals surface area contributed by atoms with Crippen molar-refractivity contribution in [2.45, 2.75) is 25.7 Å². The van der Waals surface area contributed by atoms with Crippen LogP contribution in [0.2, 0.25) is 0 Å². The zero-order valence-electron chi connectivity index (χ0n) is 6.96. The molecule has 0 amide bonds. The number of rotatable bonds is 1. The van der Waals surface area contributed by atoms with Crippen molar-refractivity contribution in [3.63, 3.8) is 0 Å². The summed E-state index contributed by atoms with van der Waals surface area (Å²) in [7, 11) is 0. The average Bonchev–Trinajstić information content (AvgIpc) is 1.88. The van der Waals surface area contributed by atoms with Crippen LogP contribution in [0, 0.1) is 32.1 Å². The number of hydrogen-bond donors (Lipinski definition) is 0. The van der Waals surface area contributed by atoms with Gasteiger partial charge in [-0.2, -0.15) is 5.92 Å². The summed E-state index contributed by atoms with van der Waals surface area (Å²) in [4.78, 5) is 0. The molecule has 0 saturated heterocycles. The van der Waals surface area contributed by atoms with Crippen LogP contribution in [0.4, 0.5) is 0 Å². The van der Waals surface area contributed by atoms with Gasteiger partial charge in [0.25, 0.3) is 0 Å². The Bertz CT molecular complexity index is 85.6. The molecule has 1 aliphatic rings. The van der Waals surface area contributed by atoms with Gasteiger partial charge < -0.3 is 26.2 Å². The Kier molecular flexibility index (Phi) is 11.7. The summed E-state index contributed by atoms with van der Waals surface area (Å²) < 4.78 is 0. The summed E-state index contributed by atoms with van der Waals surface area (Å²) in [5.41, 5.74) is 0. The average molecular weight is 396 g/mol. The van der Waals surface area contributed by atoms with Gasteiger partial charge >= 0.3 is 0 Å². The smallest absolute Gasteiger partial charge is 0 e. The third-order valence-corrected chi connectivity index (χ3v) is 2.06. The largest absolute Gasteiger partial charge is 0.369 e. The van der Waals surface area contributed by atoms with Crippen molar-refractivity contribution in [1.29, 1.82) is 0 Å². The van der Waals surface area contributed by atoms with Gasteiger partial charge in [0.2, 0.25) is 0 Å². The van der Waals surface area contributed by atoms with Gasteiger partial charge in [-0.1, -0.05) is 12.8 Å². The normalized spacial score (nSPS) is 30.0. The molecule has 1 fully saturated rings. The molecule has 0 N–H and O–H groups in total.